The van der Waals surface area contributed by atoms with E-state index in [0.29, 0.717) is 11.7 Å². The van der Waals surface area contributed by atoms with Gasteiger partial charge in [-0.15, -0.1) is 0 Å². The third-order valence-corrected chi connectivity index (χ3v) is 3.47. The minimum atomic E-state index is -0.347. The van der Waals surface area contributed by atoms with Gasteiger partial charge in [-0.1, -0.05) is 39.8 Å². The molecule has 3 nitrogen and oxygen atoms in total. The molecule has 0 aliphatic heterocycles. The summed E-state index contributed by atoms with van der Waals surface area (Å²) in [5.41, 5.74) is 0.869. The summed E-state index contributed by atoms with van der Waals surface area (Å²) in [6.07, 6.45) is 1.96. The largest absolute Gasteiger partial charge is 0.508 e. The fourth-order valence-electron chi connectivity index (χ4n) is 1.64. The standard InChI is InChI=1S/C10H14O.C9H18O2/c1-3-8(2)9-5-4-6-10(11)7-9;1-6-7(2)8(10)11-9(3,4)5/h4-8,11H,3H2,1-2H3;7H,6H2,1-5H3. The number of ether oxygens (including phenoxy) is 1. The molecule has 0 saturated heterocycles. The van der Waals surface area contributed by atoms with Crippen molar-refractivity contribution < 1.29 is 14.6 Å². The van der Waals surface area contributed by atoms with Crippen molar-refractivity contribution in [3.05, 3.63) is 29.8 Å². The topological polar surface area (TPSA) is 46.5 Å². The minimum Gasteiger partial charge on any atom is -0.508 e. The smallest absolute Gasteiger partial charge is 0.309 e. The van der Waals surface area contributed by atoms with E-state index in [1.807, 2.05) is 52.8 Å². The fourth-order valence-corrected chi connectivity index (χ4v) is 1.64. The summed E-state index contributed by atoms with van der Waals surface area (Å²) >= 11 is 0. The lowest BCUT2D eigenvalue weighted by Crippen LogP contribution is -2.27. The molecule has 0 aromatic heterocycles. The maximum absolute atomic E-state index is 11.2. The Bertz CT molecular complexity index is 446. The van der Waals surface area contributed by atoms with Gasteiger partial charge in [-0.3, -0.25) is 4.79 Å². The molecule has 126 valence electrons. The number of esters is 1. The number of carbonyl (C=O) groups is 1. The average molecular weight is 308 g/mol. The van der Waals surface area contributed by atoms with Crippen molar-refractivity contribution in [1.82, 2.24) is 0 Å². The highest BCUT2D eigenvalue weighted by Crippen LogP contribution is 2.21. The molecule has 0 saturated carbocycles. The Kier molecular flexibility index (Phi) is 8.84. The van der Waals surface area contributed by atoms with Crippen LogP contribution in [0, 0.1) is 5.92 Å². The Morgan fingerprint density at radius 3 is 2.18 bits per heavy atom. The zero-order valence-electron chi connectivity index (χ0n) is 15.1. The van der Waals surface area contributed by atoms with Gasteiger partial charge in [-0.05, 0) is 57.2 Å². The quantitative estimate of drug-likeness (QED) is 0.770. The summed E-state index contributed by atoms with van der Waals surface area (Å²) < 4.78 is 5.15. The third-order valence-electron chi connectivity index (χ3n) is 3.47. The van der Waals surface area contributed by atoms with E-state index in [1.54, 1.807) is 6.07 Å². The van der Waals surface area contributed by atoms with E-state index >= 15 is 0 Å². The lowest BCUT2D eigenvalue weighted by atomic mass is 9.99. The maximum Gasteiger partial charge on any atom is 0.309 e. The summed E-state index contributed by atoms with van der Waals surface area (Å²) in [7, 11) is 0. The molecule has 1 aromatic rings. The van der Waals surface area contributed by atoms with Gasteiger partial charge >= 0.3 is 5.97 Å². The van der Waals surface area contributed by atoms with E-state index in [9.17, 15) is 4.79 Å². The Morgan fingerprint density at radius 1 is 1.18 bits per heavy atom. The number of aromatic hydroxyl groups is 1. The fraction of sp³-hybridized carbons (Fsp3) is 0.632. The van der Waals surface area contributed by atoms with Crippen LogP contribution in [0.1, 0.15) is 72.8 Å². The van der Waals surface area contributed by atoms with E-state index in [2.05, 4.69) is 13.8 Å². The van der Waals surface area contributed by atoms with Crippen LogP contribution in [-0.4, -0.2) is 16.7 Å². The van der Waals surface area contributed by atoms with Crippen LogP contribution in [0.25, 0.3) is 0 Å². The van der Waals surface area contributed by atoms with E-state index < -0.39 is 0 Å². The molecule has 0 radical (unpaired) electrons. The molecule has 2 atom stereocenters. The molecule has 1 N–H and O–H groups in total. The number of phenolic OH excluding ortho intramolecular Hbond substituents is 1. The van der Waals surface area contributed by atoms with Crippen LogP contribution in [0.5, 0.6) is 5.75 Å². The van der Waals surface area contributed by atoms with E-state index in [4.69, 9.17) is 9.84 Å². The summed E-state index contributed by atoms with van der Waals surface area (Å²) in [6, 6.07) is 7.46. The van der Waals surface area contributed by atoms with Crippen molar-refractivity contribution in [1.29, 1.82) is 0 Å². The van der Waals surface area contributed by atoms with Crippen LogP contribution in [0.15, 0.2) is 24.3 Å². The van der Waals surface area contributed by atoms with Gasteiger partial charge < -0.3 is 9.84 Å². The Hall–Kier alpha value is -1.51. The lowest BCUT2D eigenvalue weighted by molar-refractivity contribution is -0.159. The number of phenols is 1. The molecular formula is C19H32O3. The maximum atomic E-state index is 11.2. The van der Waals surface area contributed by atoms with E-state index in [1.165, 1.54) is 5.56 Å². The number of hydrogen-bond donors (Lipinski definition) is 1. The van der Waals surface area contributed by atoms with Gasteiger partial charge in [0.25, 0.3) is 0 Å². The van der Waals surface area contributed by atoms with Crippen LogP contribution >= 0.6 is 0 Å². The van der Waals surface area contributed by atoms with E-state index in [0.717, 1.165) is 12.8 Å². The zero-order chi connectivity index (χ0) is 17.3. The number of carbonyl (C=O) groups excluding carboxylic acids is 1. The normalized spacial score (nSPS) is 13.6. The highest BCUT2D eigenvalue weighted by molar-refractivity contribution is 5.72. The van der Waals surface area contributed by atoms with Crippen molar-refractivity contribution in [3.63, 3.8) is 0 Å². The summed E-state index contributed by atoms with van der Waals surface area (Å²) in [5.74, 6) is 0.833. The number of benzene rings is 1. The molecule has 0 aliphatic carbocycles. The lowest BCUT2D eigenvalue weighted by Gasteiger charge is -2.21. The summed E-state index contributed by atoms with van der Waals surface area (Å²) in [6.45, 7) is 13.8. The van der Waals surface area contributed by atoms with Crippen LogP contribution in [-0.2, 0) is 9.53 Å². The second-order valence-electron chi connectivity index (χ2n) is 6.75. The van der Waals surface area contributed by atoms with Crippen LogP contribution < -0.4 is 0 Å². The second kappa shape index (κ2) is 9.50. The Morgan fingerprint density at radius 2 is 1.77 bits per heavy atom. The zero-order valence-corrected chi connectivity index (χ0v) is 15.1. The molecular weight excluding hydrogens is 276 g/mol. The first-order valence-electron chi connectivity index (χ1n) is 8.12. The Labute approximate surface area is 135 Å². The molecule has 1 aromatic carbocycles. The minimum absolute atomic E-state index is 0.0224. The highest BCUT2D eigenvalue weighted by Gasteiger charge is 2.19. The van der Waals surface area contributed by atoms with Crippen molar-refractivity contribution in [2.75, 3.05) is 0 Å². The van der Waals surface area contributed by atoms with Crippen LogP contribution in [0.4, 0.5) is 0 Å². The third kappa shape index (κ3) is 8.71. The number of rotatable bonds is 4. The van der Waals surface area contributed by atoms with Crippen molar-refractivity contribution in [3.8, 4) is 5.75 Å². The first-order valence-corrected chi connectivity index (χ1v) is 8.12. The Balaban J connectivity index is 0.000000401. The molecule has 1 rings (SSSR count). The van der Waals surface area contributed by atoms with Crippen molar-refractivity contribution in [2.45, 2.75) is 72.8 Å². The molecule has 0 aliphatic rings. The van der Waals surface area contributed by atoms with Crippen LogP contribution in [0.3, 0.4) is 0 Å². The predicted molar refractivity (Wildman–Crippen MR) is 92.1 cm³/mol. The molecule has 2 unspecified atom stereocenters. The van der Waals surface area contributed by atoms with Gasteiger partial charge in [0, 0.05) is 0 Å². The summed E-state index contributed by atoms with van der Waals surface area (Å²) in [5, 5.41) is 9.16. The van der Waals surface area contributed by atoms with Crippen molar-refractivity contribution in [2.24, 2.45) is 5.92 Å². The second-order valence-corrected chi connectivity index (χ2v) is 6.75. The molecule has 22 heavy (non-hydrogen) atoms. The molecule has 0 heterocycles. The van der Waals surface area contributed by atoms with Gasteiger partial charge in [0.05, 0.1) is 5.92 Å². The molecule has 3 heteroatoms. The highest BCUT2D eigenvalue weighted by atomic mass is 16.6. The van der Waals surface area contributed by atoms with Gasteiger partial charge in [0.1, 0.15) is 11.4 Å². The first kappa shape index (κ1) is 20.5. The van der Waals surface area contributed by atoms with Gasteiger partial charge in [-0.2, -0.15) is 0 Å². The van der Waals surface area contributed by atoms with Gasteiger partial charge in [0.2, 0.25) is 0 Å². The summed E-state index contributed by atoms with van der Waals surface area (Å²) in [4.78, 5) is 11.2. The molecule has 0 spiro atoms. The average Bonchev–Trinajstić information content (AvgIpc) is 2.44. The number of hydrogen-bond acceptors (Lipinski definition) is 3. The monoisotopic (exact) mass is 308 g/mol. The van der Waals surface area contributed by atoms with Gasteiger partial charge in [0.15, 0.2) is 0 Å². The van der Waals surface area contributed by atoms with Crippen LogP contribution in [0.2, 0.25) is 0 Å². The van der Waals surface area contributed by atoms with Crippen molar-refractivity contribution >= 4 is 5.97 Å². The molecule has 0 bridgehead atoms. The van der Waals surface area contributed by atoms with E-state index in [-0.39, 0.29) is 17.5 Å². The molecule has 0 amide bonds. The first-order chi connectivity index (χ1) is 10.1. The van der Waals surface area contributed by atoms with Gasteiger partial charge in [-0.25, -0.2) is 0 Å². The predicted octanol–water partition coefficient (Wildman–Crippen LogP) is 5.28. The SMILES string of the molecule is CCC(C)C(=O)OC(C)(C)C.CCC(C)c1cccc(O)c1. The molecule has 0 fully saturated rings.